The van der Waals surface area contributed by atoms with Crippen LogP contribution in [0.4, 0.5) is 22.1 Å². The number of rotatable bonds is 4. The van der Waals surface area contributed by atoms with Gasteiger partial charge in [-0.05, 0) is 12.8 Å². The highest BCUT2D eigenvalue weighted by molar-refractivity contribution is 5.65. The fourth-order valence-electron chi connectivity index (χ4n) is 2.80. The zero-order valence-corrected chi connectivity index (χ0v) is 13.7. The lowest BCUT2D eigenvalue weighted by molar-refractivity contribution is 0.188. The molecule has 3 N–H and O–H groups in total. The number of anilines is 3. The fraction of sp³-hybridized carbons (Fsp3) is 0.400. The molecule has 0 saturated carbocycles. The summed E-state index contributed by atoms with van der Waals surface area (Å²) in [4.78, 5) is 21.5. The number of hydrogen-bond acceptors (Lipinski definition) is 7. The normalized spacial score (nSPS) is 17.0. The van der Waals surface area contributed by atoms with Crippen LogP contribution in [0.25, 0.3) is 0 Å². The second-order valence-corrected chi connectivity index (χ2v) is 5.80. The number of hydrogen-bond donors (Lipinski definition) is 3. The number of carboxylic acid groups (broad SMARTS) is 1. The summed E-state index contributed by atoms with van der Waals surface area (Å²) in [6.45, 7) is 1.27. The molecule has 0 aliphatic carbocycles. The lowest BCUT2D eigenvalue weighted by atomic mass is 10.1. The first-order valence-corrected chi connectivity index (χ1v) is 7.82. The highest BCUT2D eigenvalue weighted by Crippen LogP contribution is 2.22. The molecular formula is C15H18N8O2. The SMILES string of the molecule is Cn1cc(Nc2nc(N3CCCC(NC(=O)O)C3)cnc2C#N)cn1. The number of carbonyl (C=O) groups is 1. The number of amides is 1. The van der Waals surface area contributed by atoms with Gasteiger partial charge in [0, 0.05) is 32.4 Å². The Balaban J connectivity index is 1.81. The third kappa shape index (κ3) is 3.95. The summed E-state index contributed by atoms with van der Waals surface area (Å²) in [5.74, 6) is 0.948. The number of nitriles is 1. The Bertz CT molecular complexity index is 812. The molecule has 3 rings (SSSR count). The minimum atomic E-state index is -1.03. The Morgan fingerprint density at radius 3 is 3.00 bits per heavy atom. The summed E-state index contributed by atoms with van der Waals surface area (Å²) in [6, 6.07) is 1.86. The van der Waals surface area contributed by atoms with E-state index in [1.54, 1.807) is 24.1 Å². The number of nitrogens with one attached hydrogen (secondary N) is 2. The molecule has 1 aliphatic rings. The van der Waals surface area contributed by atoms with Crippen LogP contribution in [0.2, 0.25) is 0 Å². The van der Waals surface area contributed by atoms with Crippen LogP contribution in [-0.4, -0.2) is 50.1 Å². The van der Waals surface area contributed by atoms with Crippen LogP contribution >= 0.6 is 0 Å². The molecule has 1 aliphatic heterocycles. The van der Waals surface area contributed by atoms with Gasteiger partial charge in [-0.1, -0.05) is 0 Å². The van der Waals surface area contributed by atoms with E-state index >= 15 is 0 Å². The van der Waals surface area contributed by atoms with Crippen LogP contribution in [-0.2, 0) is 7.05 Å². The lowest BCUT2D eigenvalue weighted by Crippen LogP contribution is -2.47. The van der Waals surface area contributed by atoms with Crippen molar-refractivity contribution in [1.82, 2.24) is 25.1 Å². The van der Waals surface area contributed by atoms with Crippen molar-refractivity contribution in [2.75, 3.05) is 23.3 Å². The van der Waals surface area contributed by atoms with E-state index in [1.165, 1.54) is 6.20 Å². The number of nitrogens with zero attached hydrogens (tertiary/aromatic N) is 6. The number of piperidine rings is 1. The molecule has 1 fully saturated rings. The maximum absolute atomic E-state index is 10.8. The molecule has 2 aromatic rings. The molecule has 0 bridgehead atoms. The Labute approximate surface area is 144 Å². The predicted molar refractivity (Wildman–Crippen MR) is 89.6 cm³/mol. The minimum absolute atomic E-state index is 0.154. The van der Waals surface area contributed by atoms with E-state index in [2.05, 4.69) is 25.7 Å². The van der Waals surface area contributed by atoms with Crippen LogP contribution in [0.15, 0.2) is 18.6 Å². The lowest BCUT2D eigenvalue weighted by Gasteiger charge is -2.33. The molecule has 0 spiro atoms. The predicted octanol–water partition coefficient (Wildman–Crippen LogP) is 1.06. The fourth-order valence-corrected chi connectivity index (χ4v) is 2.80. The Kier molecular flexibility index (Phi) is 4.65. The molecule has 1 unspecified atom stereocenters. The number of aromatic nitrogens is 4. The smallest absolute Gasteiger partial charge is 0.404 e. The monoisotopic (exact) mass is 342 g/mol. The maximum atomic E-state index is 10.8. The molecule has 130 valence electrons. The maximum Gasteiger partial charge on any atom is 0.404 e. The van der Waals surface area contributed by atoms with E-state index in [9.17, 15) is 10.1 Å². The molecule has 1 saturated heterocycles. The Hall–Kier alpha value is -3.35. The molecule has 2 aromatic heterocycles. The second-order valence-electron chi connectivity index (χ2n) is 5.80. The third-order valence-corrected chi connectivity index (χ3v) is 3.91. The zero-order chi connectivity index (χ0) is 17.8. The summed E-state index contributed by atoms with van der Waals surface area (Å²) in [5, 5.41) is 27.8. The molecule has 10 nitrogen and oxygen atoms in total. The highest BCUT2D eigenvalue weighted by Gasteiger charge is 2.23. The van der Waals surface area contributed by atoms with Crippen LogP contribution in [0.5, 0.6) is 0 Å². The van der Waals surface area contributed by atoms with E-state index in [4.69, 9.17) is 5.11 Å². The summed E-state index contributed by atoms with van der Waals surface area (Å²) in [7, 11) is 1.79. The van der Waals surface area contributed by atoms with Crippen molar-refractivity contribution in [1.29, 1.82) is 5.26 Å². The van der Waals surface area contributed by atoms with Crippen LogP contribution in [0, 0.1) is 11.3 Å². The average Bonchev–Trinajstić information content (AvgIpc) is 2.99. The summed E-state index contributed by atoms with van der Waals surface area (Å²) in [5.41, 5.74) is 0.888. The molecule has 10 heteroatoms. The van der Waals surface area contributed by atoms with Crippen molar-refractivity contribution in [2.45, 2.75) is 18.9 Å². The largest absolute Gasteiger partial charge is 0.465 e. The number of aryl methyl sites for hydroxylation is 1. The van der Waals surface area contributed by atoms with Gasteiger partial charge in [0.1, 0.15) is 11.9 Å². The quantitative estimate of drug-likeness (QED) is 0.751. The van der Waals surface area contributed by atoms with Gasteiger partial charge in [-0.25, -0.2) is 14.8 Å². The van der Waals surface area contributed by atoms with Gasteiger partial charge < -0.3 is 20.6 Å². The van der Waals surface area contributed by atoms with Crippen LogP contribution in [0.1, 0.15) is 18.5 Å². The molecule has 1 amide bonds. The minimum Gasteiger partial charge on any atom is -0.465 e. The van der Waals surface area contributed by atoms with E-state index in [-0.39, 0.29) is 11.7 Å². The standard InChI is InChI=1S/C15H18N8O2/c1-22-8-11(6-18-22)19-14-12(5-16)17-7-13(21-14)23-4-2-3-10(9-23)20-15(24)25/h6-8,10,20H,2-4,9H2,1H3,(H,19,21)(H,24,25). The van der Waals surface area contributed by atoms with Crippen LogP contribution in [0.3, 0.4) is 0 Å². The summed E-state index contributed by atoms with van der Waals surface area (Å²) >= 11 is 0. The topological polar surface area (TPSA) is 132 Å². The van der Waals surface area contributed by atoms with Crippen molar-refractivity contribution in [3.63, 3.8) is 0 Å². The van der Waals surface area contributed by atoms with E-state index in [1.807, 2.05) is 11.0 Å². The molecule has 25 heavy (non-hydrogen) atoms. The van der Waals surface area contributed by atoms with Gasteiger partial charge in [0.2, 0.25) is 0 Å². The van der Waals surface area contributed by atoms with Gasteiger partial charge in [0.05, 0.1) is 18.1 Å². The molecule has 0 radical (unpaired) electrons. The van der Waals surface area contributed by atoms with Crippen molar-refractivity contribution in [3.05, 3.63) is 24.3 Å². The summed E-state index contributed by atoms with van der Waals surface area (Å²) in [6.07, 6.45) is 5.53. The summed E-state index contributed by atoms with van der Waals surface area (Å²) < 4.78 is 1.64. The first-order valence-electron chi connectivity index (χ1n) is 7.82. The molecule has 3 heterocycles. The molecular weight excluding hydrogens is 324 g/mol. The van der Waals surface area contributed by atoms with Gasteiger partial charge in [-0.3, -0.25) is 4.68 Å². The van der Waals surface area contributed by atoms with E-state index < -0.39 is 6.09 Å². The third-order valence-electron chi connectivity index (χ3n) is 3.91. The van der Waals surface area contributed by atoms with Crippen LogP contribution < -0.4 is 15.5 Å². The second kappa shape index (κ2) is 7.04. The molecule has 0 aromatic carbocycles. The van der Waals surface area contributed by atoms with Gasteiger partial charge in [-0.15, -0.1) is 0 Å². The molecule has 1 atom stereocenters. The van der Waals surface area contributed by atoms with E-state index in [0.29, 0.717) is 23.9 Å². The highest BCUT2D eigenvalue weighted by atomic mass is 16.4. The van der Waals surface area contributed by atoms with Gasteiger partial charge in [-0.2, -0.15) is 10.4 Å². The van der Waals surface area contributed by atoms with Crippen molar-refractivity contribution >= 4 is 23.4 Å². The average molecular weight is 342 g/mol. The van der Waals surface area contributed by atoms with E-state index in [0.717, 1.165) is 19.4 Å². The zero-order valence-electron chi connectivity index (χ0n) is 13.7. The van der Waals surface area contributed by atoms with Gasteiger partial charge in [0.15, 0.2) is 11.5 Å². The van der Waals surface area contributed by atoms with Gasteiger partial charge in [0.25, 0.3) is 0 Å². The van der Waals surface area contributed by atoms with Crippen molar-refractivity contribution in [3.8, 4) is 6.07 Å². The Morgan fingerprint density at radius 1 is 1.48 bits per heavy atom. The Morgan fingerprint density at radius 2 is 2.32 bits per heavy atom. The first-order chi connectivity index (χ1) is 12.0. The first kappa shape index (κ1) is 16.5. The van der Waals surface area contributed by atoms with Crippen molar-refractivity contribution in [2.24, 2.45) is 7.05 Å². The van der Waals surface area contributed by atoms with Crippen molar-refractivity contribution < 1.29 is 9.90 Å². The van der Waals surface area contributed by atoms with Gasteiger partial charge >= 0.3 is 6.09 Å².